The molecule has 6 heteroatoms. The van der Waals surface area contributed by atoms with E-state index in [-0.39, 0.29) is 6.04 Å². The summed E-state index contributed by atoms with van der Waals surface area (Å²) in [5.41, 5.74) is 0.824. The van der Waals surface area contributed by atoms with Gasteiger partial charge in [-0.25, -0.2) is 0 Å². The zero-order chi connectivity index (χ0) is 14.9. The van der Waals surface area contributed by atoms with E-state index in [0.29, 0.717) is 10.6 Å². The van der Waals surface area contributed by atoms with Crippen LogP contribution in [0.5, 0.6) is 0 Å². The first-order valence-electron chi connectivity index (χ1n) is 5.92. The fourth-order valence-electron chi connectivity index (χ4n) is 1.99. The lowest BCUT2D eigenvalue weighted by molar-refractivity contribution is -0.137. The van der Waals surface area contributed by atoms with E-state index >= 15 is 0 Å². The summed E-state index contributed by atoms with van der Waals surface area (Å²) in [7, 11) is 1.70. The van der Waals surface area contributed by atoms with Crippen molar-refractivity contribution in [3.8, 4) is 0 Å². The summed E-state index contributed by atoms with van der Waals surface area (Å²) >= 11 is 7.65. The van der Waals surface area contributed by atoms with Crippen LogP contribution in [0.15, 0.2) is 29.6 Å². The number of halogens is 4. The van der Waals surface area contributed by atoms with Gasteiger partial charge >= 0.3 is 6.18 Å². The molecule has 0 aliphatic carbocycles. The third-order valence-electron chi connectivity index (χ3n) is 3.02. The summed E-state index contributed by atoms with van der Waals surface area (Å²) in [4.78, 5) is 0.825. The van der Waals surface area contributed by atoms with Gasteiger partial charge in [0.25, 0.3) is 0 Å². The van der Waals surface area contributed by atoms with Crippen LogP contribution in [0.2, 0.25) is 5.02 Å². The van der Waals surface area contributed by atoms with Gasteiger partial charge in [-0.05, 0) is 42.6 Å². The molecule has 0 aliphatic heterocycles. The molecule has 1 N–H and O–H groups in total. The second kappa shape index (κ2) is 5.76. The molecule has 2 rings (SSSR count). The number of alkyl halides is 3. The first kappa shape index (κ1) is 15.4. The molecule has 0 spiro atoms. The Morgan fingerprint density at radius 2 is 2.00 bits per heavy atom. The van der Waals surface area contributed by atoms with E-state index in [1.165, 1.54) is 17.4 Å². The quantitative estimate of drug-likeness (QED) is 0.836. The minimum atomic E-state index is -4.34. The number of hydrogen-bond acceptors (Lipinski definition) is 2. The summed E-state index contributed by atoms with van der Waals surface area (Å²) in [6.45, 7) is 1.88. The minimum Gasteiger partial charge on any atom is -0.309 e. The molecule has 0 radical (unpaired) electrons. The van der Waals surface area contributed by atoms with Crippen molar-refractivity contribution in [2.24, 2.45) is 0 Å². The van der Waals surface area contributed by atoms with E-state index in [4.69, 9.17) is 11.6 Å². The molecule has 1 aromatic carbocycles. The average Bonchev–Trinajstić information content (AvgIpc) is 2.72. The predicted octanol–water partition coefficient (Wildman–Crippen LogP) is 5.04. The Bertz CT molecular complexity index is 607. The number of benzene rings is 1. The van der Waals surface area contributed by atoms with Crippen LogP contribution >= 0.6 is 22.9 Å². The Morgan fingerprint density at radius 3 is 2.50 bits per heavy atom. The third-order valence-corrected chi connectivity index (χ3v) is 4.80. The molecule has 1 heterocycles. The monoisotopic (exact) mass is 319 g/mol. The molecule has 0 saturated carbocycles. The van der Waals surface area contributed by atoms with Gasteiger partial charge in [-0.3, -0.25) is 0 Å². The second-order valence-electron chi connectivity index (χ2n) is 4.44. The third kappa shape index (κ3) is 3.00. The zero-order valence-corrected chi connectivity index (χ0v) is 12.5. The van der Waals surface area contributed by atoms with Gasteiger partial charge in [-0.1, -0.05) is 23.7 Å². The normalized spacial score (nSPS) is 13.5. The maximum absolute atomic E-state index is 12.8. The highest BCUT2D eigenvalue weighted by Gasteiger charge is 2.31. The molecular weight excluding hydrogens is 307 g/mol. The van der Waals surface area contributed by atoms with Gasteiger partial charge in [0.1, 0.15) is 0 Å². The number of rotatable bonds is 3. The van der Waals surface area contributed by atoms with Crippen molar-refractivity contribution < 1.29 is 13.2 Å². The van der Waals surface area contributed by atoms with E-state index in [1.807, 2.05) is 12.3 Å². The van der Waals surface area contributed by atoms with E-state index in [0.717, 1.165) is 22.6 Å². The SMILES string of the molecule is CNC(c1cccc(C(F)(F)F)c1)c1scc(C)c1Cl. The van der Waals surface area contributed by atoms with Crippen molar-refractivity contribution in [1.29, 1.82) is 0 Å². The summed E-state index contributed by atoms with van der Waals surface area (Å²) in [5, 5.41) is 5.53. The Balaban J connectivity index is 2.45. The lowest BCUT2D eigenvalue weighted by atomic mass is 10.0. The molecule has 0 aliphatic rings. The molecule has 0 saturated heterocycles. The highest BCUT2D eigenvalue weighted by molar-refractivity contribution is 7.10. The van der Waals surface area contributed by atoms with Crippen LogP contribution in [-0.4, -0.2) is 7.05 Å². The molecule has 1 nitrogen and oxygen atoms in total. The molecule has 20 heavy (non-hydrogen) atoms. The van der Waals surface area contributed by atoms with Gasteiger partial charge in [0, 0.05) is 4.88 Å². The molecule has 1 atom stereocenters. The van der Waals surface area contributed by atoms with Crippen molar-refractivity contribution in [2.75, 3.05) is 7.05 Å². The van der Waals surface area contributed by atoms with Gasteiger partial charge in [-0.2, -0.15) is 13.2 Å². The fourth-order valence-corrected chi connectivity index (χ4v) is 3.43. The second-order valence-corrected chi connectivity index (χ2v) is 5.73. The smallest absolute Gasteiger partial charge is 0.309 e. The number of nitrogens with one attached hydrogen (secondary N) is 1. The molecular formula is C14H13ClF3NS. The molecule has 0 amide bonds. The van der Waals surface area contributed by atoms with Crippen molar-refractivity contribution >= 4 is 22.9 Å². The number of hydrogen-bond donors (Lipinski definition) is 1. The van der Waals surface area contributed by atoms with Gasteiger partial charge < -0.3 is 5.32 Å². The number of aryl methyl sites for hydroxylation is 1. The van der Waals surface area contributed by atoms with Gasteiger partial charge in [-0.15, -0.1) is 11.3 Å². The minimum absolute atomic E-state index is 0.344. The van der Waals surface area contributed by atoms with Crippen LogP contribution in [0.4, 0.5) is 13.2 Å². The lowest BCUT2D eigenvalue weighted by Gasteiger charge is -2.17. The first-order valence-corrected chi connectivity index (χ1v) is 7.18. The highest BCUT2D eigenvalue weighted by atomic mass is 35.5. The zero-order valence-electron chi connectivity index (χ0n) is 10.9. The Hall–Kier alpha value is -1.04. The molecule has 0 bridgehead atoms. The predicted molar refractivity (Wildman–Crippen MR) is 76.4 cm³/mol. The standard InChI is InChI=1S/C14H13ClF3NS/c1-8-7-20-13(11(8)15)12(19-2)9-4-3-5-10(6-9)14(16,17)18/h3-7,12,19H,1-2H3. The van der Waals surface area contributed by atoms with Crippen molar-refractivity contribution in [3.05, 3.63) is 56.2 Å². The fraction of sp³-hybridized carbons (Fsp3) is 0.286. The summed E-state index contributed by atoms with van der Waals surface area (Å²) in [5.74, 6) is 0. The largest absolute Gasteiger partial charge is 0.416 e. The Kier molecular flexibility index (Phi) is 4.42. The van der Waals surface area contributed by atoms with Crippen molar-refractivity contribution in [2.45, 2.75) is 19.1 Å². The molecule has 1 unspecified atom stereocenters. The maximum atomic E-state index is 12.8. The van der Waals surface area contributed by atoms with Crippen LogP contribution in [0.1, 0.15) is 27.6 Å². The van der Waals surface area contributed by atoms with Crippen LogP contribution in [-0.2, 0) is 6.18 Å². The Morgan fingerprint density at radius 1 is 1.30 bits per heavy atom. The van der Waals surface area contributed by atoms with E-state index in [1.54, 1.807) is 13.1 Å². The van der Waals surface area contributed by atoms with E-state index in [2.05, 4.69) is 5.32 Å². The van der Waals surface area contributed by atoms with Gasteiger partial charge in [0.15, 0.2) is 0 Å². The molecule has 2 aromatic rings. The van der Waals surface area contributed by atoms with Crippen LogP contribution < -0.4 is 5.32 Å². The van der Waals surface area contributed by atoms with E-state index < -0.39 is 11.7 Å². The first-order chi connectivity index (χ1) is 9.34. The van der Waals surface area contributed by atoms with Crippen LogP contribution in [0.3, 0.4) is 0 Å². The topological polar surface area (TPSA) is 12.0 Å². The van der Waals surface area contributed by atoms with Crippen LogP contribution in [0.25, 0.3) is 0 Å². The van der Waals surface area contributed by atoms with Gasteiger partial charge in [0.05, 0.1) is 16.6 Å². The van der Waals surface area contributed by atoms with E-state index in [9.17, 15) is 13.2 Å². The Labute approximate surface area is 124 Å². The van der Waals surface area contributed by atoms with Crippen molar-refractivity contribution in [1.82, 2.24) is 5.32 Å². The average molecular weight is 320 g/mol. The van der Waals surface area contributed by atoms with Gasteiger partial charge in [0.2, 0.25) is 0 Å². The highest BCUT2D eigenvalue weighted by Crippen LogP contribution is 2.37. The molecule has 0 fully saturated rings. The summed E-state index contributed by atoms with van der Waals surface area (Å²) < 4.78 is 38.3. The van der Waals surface area contributed by atoms with Crippen molar-refractivity contribution in [3.63, 3.8) is 0 Å². The number of thiophene rings is 1. The molecule has 1 aromatic heterocycles. The van der Waals surface area contributed by atoms with Crippen LogP contribution in [0, 0.1) is 6.92 Å². The summed E-state index contributed by atoms with van der Waals surface area (Å²) in [6, 6.07) is 4.96. The summed E-state index contributed by atoms with van der Waals surface area (Å²) in [6.07, 6.45) is -4.34. The lowest BCUT2D eigenvalue weighted by Crippen LogP contribution is -2.18. The maximum Gasteiger partial charge on any atom is 0.416 e. The molecule has 108 valence electrons.